The Balaban J connectivity index is 1.57. The third kappa shape index (κ3) is 5.52. The highest BCUT2D eigenvalue weighted by molar-refractivity contribution is 5.95. The number of amides is 1. The quantitative estimate of drug-likeness (QED) is 0.300. The van der Waals surface area contributed by atoms with Crippen LogP contribution in [0.2, 0.25) is 0 Å². The third-order valence-electron chi connectivity index (χ3n) is 4.06. The van der Waals surface area contributed by atoms with Crippen LogP contribution < -0.4 is 14.9 Å². The number of hydrogen-bond donors (Lipinski definition) is 1. The van der Waals surface area contributed by atoms with E-state index in [1.807, 2.05) is 19.1 Å². The molecule has 146 valence electrons. The molecule has 1 amide bonds. The molecule has 0 unspecified atom stereocenters. The van der Waals surface area contributed by atoms with Crippen molar-refractivity contribution >= 4 is 18.1 Å². The van der Waals surface area contributed by atoms with Crippen molar-refractivity contribution in [2.45, 2.75) is 6.92 Å². The minimum Gasteiger partial charge on any atom is -0.497 e. The second-order valence-corrected chi connectivity index (χ2v) is 6.26. The molecule has 0 fully saturated rings. The summed E-state index contributed by atoms with van der Waals surface area (Å²) in [6.07, 6.45) is 1.50. The Kier molecular flexibility index (Phi) is 6.37. The van der Waals surface area contributed by atoms with E-state index in [0.29, 0.717) is 22.6 Å². The molecule has 0 aliphatic carbocycles. The highest BCUT2D eigenvalue weighted by Gasteiger charge is 2.08. The van der Waals surface area contributed by atoms with Gasteiger partial charge in [-0.3, -0.25) is 4.79 Å². The first kappa shape index (κ1) is 19.8. The lowest BCUT2D eigenvalue weighted by molar-refractivity contribution is 0.0734. The molecular formula is C23H20N2O4. The number of esters is 1. The monoisotopic (exact) mass is 388 g/mol. The molecule has 6 heteroatoms. The van der Waals surface area contributed by atoms with Crippen molar-refractivity contribution in [2.75, 3.05) is 7.11 Å². The summed E-state index contributed by atoms with van der Waals surface area (Å²) in [5, 5.41) is 3.95. The molecule has 0 radical (unpaired) electrons. The molecule has 0 aliphatic heterocycles. The summed E-state index contributed by atoms with van der Waals surface area (Å²) in [5.74, 6) is 0.260. The molecule has 29 heavy (non-hydrogen) atoms. The second kappa shape index (κ2) is 9.32. The number of rotatable bonds is 6. The van der Waals surface area contributed by atoms with Gasteiger partial charge in [0, 0.05) is 5.56 Å². The van der Waals surface area contributed by atoms with Gasteiger partial charge in [0.2, 0.25) is 0 Å². The van der Waals surface area contributed by atoms with Gasteiger partial charge in [-0.05, 0) is 67.1 Å². The van der Waals surface area contributed by atoms with Crippen LogP contribution >= 0.6 is 0 Å². The second-order valence-electron chi connectivity index (χ2n) is 6.26. The van der Waals surface area contributed by atoms with Crippen LogP contribution in [0.4, 0.5) is 0 Å². The lowest BCUT2D eigenvalue weighted by Crippen LogP contribution is -2.17. The number of hydrogen-bond acceptors (Lipinski definition) is 5. The summed E-state index contributed by atoms with van der Waals surface area (Å²) in [6.45, 7) is 1.91. The maximum absolute atomic E-state index is 12.2. The number of ether oxygens (including phenoxy) is 2. The van der Waals surface area contributed by atoms with Crippen LogP contribution in [-0.2, 0) is 0 Å². The Morgan fingerprint density at radius 3 is 2.34 bits per heavy atom. The van der Waals surface area contributed by atoms with Crippen LogP contribution in [0, 0.1) is 6.92 Å². The minimum atomic E-state index is -0.416. The maximum atomic E-state index is 12.2. The Labute approximate surface area is 168 Å². The van der Waals surface area contributed by atoms with E-state index >= 15 is 0 Å². The predicted molar refractivity (Wildman–Crippen MR) is 111 cm³/mol. The molecule has 1 N–H and O–H groups in total. The number of nitrogens with zero attached hydrogens (tertiary/aromatic N) is 1. The summed E-state index contributed by atoms with van der Waals surface area (Å²) in [6, 6.07) is 20.8. The van der Waals surface area contributed by atoms with Crippen molar-refractivity contribution < 1.29 is 19.1 Å². The zero-order chi connectivity index (χ0) is 20.6. The van der Waals surface area contributed by atoms with Crippen molar-refractivity contribution in [1.82, 2.24) is 5.43 Å². The molecule has 0 spiro atoms. The van der Waals surface area contributed by atoms with Crippen molar-refractivity contribution in [3.63, 3.8) is 0 Å². The Morgan fingerprint density at radius 1 is 0.897 bits per heavy atom. The standard InChI is InChI=1S/C23H20N2O4/c1-16-5-3-7-19(13-16)23(27)29-20-11-9-17(10-12-20)15-24-25-22(26)18-6-4-8-21(14-18)28-2/h3-15H,1-2H3,(H,25,26). The average Bonchev–Trinajstić information content (AvgIpc) is 2.75. The molecule has 3 aromatic carbocycles. The lowest BCUT2D eigenvalue weighted by atomic mass is 10.1. The van der Waals surface area contributed by atoms with Gasteiger partial charge in [-0.2, -0.15) is 5.10 Å². The lowest BCUT2D eigenvalue weighted by Gasteiger charge is -2.05. The largest absolute Gasteiger partial charge is 0.497 e. The Hall–Kier alpha value is -3.93. The van der Waals surface area contributed by atoms with Gasteiger partial charge in [-0.1, -0.05) is 23.8 Å². The van der Waals surface area contributed by atoms with E-state index in [-0.39, 0.29) is 5.91 Å². The van der Waals surface area contributed by atoms with Crippen LogP contribution in [-0.4, -0.2) is 25.2 Å². The molecule has 0 aromatic heterocycles. The molecule has 6 nitrogen and oxygen atoms in total. The summed E-state index contributed by atoms with van der Waals surface area (Å²) < 4.78 is 10.5. The zero-order valence-corrected chi connectivity index (χ0v) is 16.1. The molecule has 0 saturated heterocycles. The fourth-order valence-corrected chi connectivity index (χ4v) is 2.55. The van der Waals surface area contributed by atoms with Crippen LogP contribution in [0.5, 0.6) is 11.5 Å². The van der Waals surface area contributed by atoms with E-state index < -0.39 is 5.97 Å². The van der Waals surface area contributed by atoms with Gasteiger partial charge in [0.25, 0.3) is 5.91 Å². The molecule has 3 aromatic rings. The maximum Gasteiger partial charge on any atom is 0.343 e. The number of carbonyl (C=O) groups is 2. The summed E-state index contributed by atoms with van der Waals surface area (Å²) >= 11 is 0. The SMILES string of the molecule is COc1cccc(C(=O)NN=Cc2ccc(OC(=O)c3cccc(C)c3)cc2)c1. The van der Waals surface area contributed by atoms with Crippen molar-refractivity contribution in [2.24, 2.45) is 5.10 Å². The van der Waals surface area contributed by atoms with Crippen LogP contribution in [0.15, 0.2) is 77.9 Å². The Bertz CT molecular complexity index is 1040. The van der Waals surface area contributed by atoms with E-state index in [2.05, 4.69) is 10.5 Å². The third-order valence-corrected chi connectivity index (χ3v) is 4.06. The number of methoxy groups -OCH3 is 1. The Morgan fingerprint density at radius 2 is 1.62 bits per heavy atom. The molecule has 0 bridgehead atoms. The number of aryl methyl sites for hydroxylation is 1. The van der Waals surface area contributed by atoms with Crippen molar-refractivity contribution in [3.05, 3.63) is 95.1 Å². The van der Waals surface area contributed by atoms with Crippen LogP contribution in [0.1, 0.15) is 31.8 Å². The van der Waals surface area contributed by atoms with E-state index in [9.17, 15) is 9.59 Å². The molecule has 0 aliphatic rings. The number of hydrazone groups is 1. The van der Waals surface area contributed by atoms with Gasteiger partial charge in [0.1, 0.15) is 11.5 Å². The number of nitrogens with one attached hydrogen (secondary N) is 1. The van der Waals surface area contributed by atoms with Crippen molar-refractivity contribution in [3.8, 4) is 11.5 Å². The van der Waals surface area contributed by atoms with Gasteiger partial charge >= 0.3 is 5.97 Å². The molecular weight excluding hydrogens is 368 g/mol. The van der Waals surface area contributed by atoms with Gasteiger partial charge in [0.15, 0.2) is 0 Å². The molecule has 0 saturated carbocycles. The first-order valence-electron chi connectivity index (χ1n) is 8.91. The van der Waals surface area contributed by atoms with E-state index in [0.717, 1.165) is 11.1 Å². The van der Waals surface area contributed by atoms with Crippen molar-refractivity contribution in [1.29, 1.82) is 0 Å². The van der Waals surface area contributed by atoms with Crippen LogP contribution in [0.3, 0.4) is 0 Å². The number of carbonyl (C=O) groups excluding carboxylic acids is 2. The highest BCUT2D eigenvalue weighted by atomic mass is 16.5. The predicted octanol–water partition coefficient (Wildman–Crippen LogP) is 3.99. The van der Waals surface area contributed by atoms with Crippen LogP contribution in [0.25, 0.3) is 0 Å². The molecule has 0 atom stereocenters. The van der Waals surface area contributed by atoms with E-state index in [1.54, 1.807) is 60.7 Å². The average molecular weight is 388 g/mol. The molecule has 0 heterocycles. The van der Waals surface area contributed by atoms with Gasteiger partial charge in [-0.15, -0.1) is 0 Å². The first-order valence-corrected chi connectivity index (χ1v) is 8.91. The highest BCUT2D eigenvalue weighted by Crippen LogP contribution is 2.15. The van der Waals surface area contributed by atoms with Gasteiger partial charge < -0.3 is 9.47 Å². The van der Waals surface area contributed by atoms with Gasteiger partial charge in [0.05, 0.1) is 18.9 Å². The minimum absolute atomic E-state index is 0.344. The zero-order valence-electron chi connectivity index (χ0n) is 16.1. The summed E-state index contributed by atoms with van der Waals surface area (Å²) in [7, 11) is 1.54. The summed E-state index contributed by atoms with van der Waals surface area (Å²) in [5.41, 5.74) is 5.13. The fourth-order valence-electron chi connectivity index (χ4n) is 2.55. The van der Waals surface area contributed by atoms with E-state index in [1.165, 1.54) is 13.3 Å². The molecule has 3 rings (SSSR count). The topological polar surface area (TPSA) is 77.0 Å². The first-order chi connectivity index (χ1) is 14.0. The summed E-state index contributed by atoms with van der Waals surface area (Å²) in [4.78, 5) is 24.3. The normalized spacial score (nSPS) is 10.6. The number of benzene rings is 3. The smallest absolute Gasteiger partial charge is 0.343 e. The van der Waals surface area contributed by atoms with Gasteiger partial charge in [-0.25, -0.2) is 10.2 Å². The van der Waals surface area contributed by atoms with E-state index in [4.69, 9.17) is 9.47 Å². The fraction of sp³-hybridized carbons (Fsp3) is 0.0870.